The third-order valence-electron chi connectivity index (χ3n) is 10.6. The van der Waals surface area contributed by atoms with Gasteiger partial charge in [-0.15, -0.1) is 0 Å². The summed E-state index contributed by atoms with van der Waals surface area (Å²) in [5, 5.41) is 23.0. The third-order valence-corrected chi connectivity index (χ3v) is 10.6. The van der Waals surface area contributed by atoms with Crippen LogP contribution in [0.4, 0.5) is 0 Å². The number of aliphatic hydroxyl groups is 2. The van der Waals surface area contributed by atoms with Crippen LogP contribution in [0.15, 0.2) is 72.9 Å². The highest BCUT2D eigenvalue weighted by Crippen LogP contribution is 2.15. The molecule has 0 aromatic rings. The Morgan fingerprint density at radius 3 is 1.20 bits per heavy atom. The number of carbonyl (C=O) groups excluding carboxylic acids is 1. The summed E-state index contributed by atoms with van der Waals surface area (Å²) >= 11 is 0. The van der Waals surface area contributed by atoms with Gasteiger partial charge in [-0.05, 0) is 83.5 Å². The molecule has 3 N–H and O–H groups in total. The van der Waals surface area contributed by atoms with E-state index in [0.717, 1.165) is 51.4 Å². The molecule has 0 fully saturated rings. The van der Waals surface area contributed by atoms with Crippen LogP contribution in [0.5, 0.6) is 0 Å². The topological polar surface area (TPSA) is 69.6 Å². The fourth-order valence-electron chi connectivity index (χ4n) is 6.92. The molecule has 0 aliphatic carbocycles. The number of allylic oxidation sites excluding steroid dienone is 11. The maximum absolute atomic E-state index is 12.4. The number of rotatable bonds is 43. The summed E-state index contributed by atoms with van der Waals surface area (Å²) in [4.78, 5) is 12.4. The minimum absolute atomic E-state index is 0.0804. The van der Waals surface area contributed by atoms with Crippen molar-refractivity contribution in [2.45, 2.75) is 244 Å². The molecule has 56 heavy (non-hydrogen) atoms. The number of unbranched alkanes of at least 4 members (excludes halogenated alkanes) is 26. The van der Waals surface area contributed by atoms with Gasteiger partial charge in [0.1, 0.15) is 0 Å². The van der Waals surface area contributed by atoms with Crippen LogP contribution in [0.2, 0.25) is 0 Å². The first-order chi connectivity index (χ1) is 27.7. The van der Waals surface area contributed by atoms with Crippen LogP contribution in [0, 0.1) is 0 Å². The van der Waals surface area contributed by atoms with Gasteiger partial charge < -0.3 is 15.5 Å². The van der Waals surface area contributed by atoms with Crippen LogP contribution < -0.4 is 5.32 Å². The second-order valence-corrected chi connectivity index (χ2v) is 16.2. The summed E-state index contributed by atoms with van der Waals surface area (Å²) < 4.78 is 0. The summed E-state index contributed by atoms with van der Waals surface area (Å²) in [7, 11) is 0. The van der Waals surface area contributed by atoms with E-state index < -0.39 is 12.1 Å². The molecule has 0 saturated carbocycles. The standard InChI is InChI=1S/C52H93NO3/c1-3-5-7-9-11-13-15-17-18-19-20-21-22-23-24-25-26-27-28-29-30-31-32-33-34-36-38-40-42-44-46-48-52(56)53-50(49-54)51(55)47-45-43-41-39-37-35-16-14-12-10-8-6-4-2/h12,14-15,17,19-20,22-23,37,39,45,47,50-51,54-55H,3-11,13,16,18,21,24-36,38,40-44,46,48-49H2,1-2H3,(H,53,56)/b14-12+,17-15-,20-19-,23-22-,39-37+,47-45+. The Morgan fingerprint density at radius 2 is 0.750 bits per heavy atom. The van der Waals surface area contributed by atoms with Crippen LogP contribution >= 0.6 is 0 Å². The molecule has 0 aromatic carbocycles. The summed E-state index contributed by atoms with van der Waals surface area (Å²) in [5.74, 6) is -0.0804. The molecule has 4 heteroatoms. The monoisotopic (exact) mass is 780 g/mol. The van der Waals surface area contributed by atoms with E-state index in [0.29, 0.717) is 6.42 Å². The van der Waals surface area contributed by atoms with Crippen molar-refractivity contribution >= 4 is 5.91 Å². The first-order valence-corrected chi connectivity index (χ1v) is 24.2. The maximum atomic E-state index is 12.4. The molecule has 0 aromatic heterocycles. The van der Waals surface area contributed by atoms with Crippen molar-refractivity contribution in [1.82, 2.24) is 5.32 Å². The quantitative estimate of drug-likeness (QED) is 0.0426. The molecule has 2 atom stereocenters. The zero-order valence-electron chi connectivity index (χ0n) is 37.1. The van der Waals surface area contributed by atoms with E-state index in [4.69, 9.17) is 0 Å². The Bertz CT molecular complexity index is 977. The molecule has 0 radical (unpaired) electrons. The normalized spacial score (nSPS) is 13.6. The SMILES string of the molecule is CCCCC/C=C/CC/C=C/CC/C=C/C(O)C(CO)NC(=O)CCCCCCCCCCCCCCCCCC/C=C\C/C=C\C/C=C\CCCCCCC. The van der Waals surface area contributed by atoms with Gasteiger partial charge in [0.05, 0.1) is 18.8 Å². The molecule has 4 nitrogen and oxygen atoms in total. The van der Waals surface area contributed by atoms with Gasteiger partial charge in [0, 0.05) is 6.42 Å². The number of amides is 1. The molecule has 1 amide bonds. The Labute approximate surface area is 349 Å². The van der Waals surface area contributed by atoms with Gasteiger partial charge in [-0.2, -0.15) is 0 Å². The average molecular weight is 780 g/mol. The van der Waals surface area contributed by atoms with Crippen molar-refractivity contribution in [3.8, 4) is 0 Å². The van der Waals surface area contributed by atoms with E-state index in [9.17, 15) is 15.0 Å². The van der Waals surface area contributed by atoms with E-state index in [1.807, 2.05) is 6.08 Å². The van der Waals surface area contributed by atoms with E-state index in [-0.39, 0.29) is 12.5 Å². The Balaban J connectivity index is 3.53. The molecule has 0 aliphatic heterocycles. The summed E-state index contributed by atoms with van der Waals surface area (Å²) in [5.41, 5.74) is 0. The lowest BCUT2D eigenvalue weighted by Crippen LogP contribution is -2.45. The second kappa shape index (κ2) is 47.2. The zero-order valence-corrected chi connectivity index (χ0v) is 37.1. The summed E-state index contributed by atoms with van der Waals surface area (Å²) in [6.07, 6.45) is 67.5. The molecule has 0 heterocycles. The fourth-order valence-corrected chi connectivity index (χ4v) is 6.92. The molecule has 0 spiro atoms. The van der Waals surface area contributed by atoms with Crippen molar-refractivity contribution < 1.29 is 15.0 Å². The van der Waals surface area contributed by atoms with Crippen molar-refractivity contribution in [1.29, 1.82) is 0 Å². The molecular weight excluding hydrogens is 687 g/mol. The van der Waals surface area contributed by atoms with Crippen molar-refractivity contribution in [3.05, 3.63) is 72.9 Å². The predicted molar refractivity (Wildman–Crippen MR) is 248 cm³/mol. The lowest BCUT2D eigenvalue weighted by molar-refractivity contribution is -0.123. The number of aliphatic hydroxyl groups excluding tert-OH is 2. The first kappa shape index (κ1) is 53.8. The van der Waals surface area contributed by atoms with Gasteiger partial charge in [-0.3, -0.25) is 4.79 Å². The zero-order chi connectivity index (χ0) is 40.7. The number of carbonyl (C=O) groups is 1. The number of hydrogen-bond donors (Lipinski definition) is 3. The molecule has 0 bridgehead atoms. The average Bonchev–Trinajstić information content (AvgIpc) is 3.20. The van der Waals surface area contributed by atoms with E-state index >= 15 is 0 Å². The van der Waals surface area contributed by atoms with Crippen molar-refractivity contribution in [3.63, 3.8) is 0 Å². The van der Waals surface area contributed by atoms with E-state index in [1.165, 1.54) is 161 Å². The van der Waals surface area contributed by atoms with Crippen LogP contribution in [0.3, 0.4) is 0 Å². The summed E-state index contributed by atoms with van der Waals surface area (Å²) in [6.45, 7) is 4.24. The van der Waals surface area contributed by atoms with E-state index in [1.54, 1.807) is 6.08 Å². The highest BCUT2D eigenvalue weighted by molar-refractivity contribution is 5.76. The lowest BCUT2D eigenvalue weighted by Gasteiger charge is -2.19. The first-order valence-electron chi connectivity index (χ1n) is 24.2. The van der Waals surface area contributed by atoms with Crippen molar-refractivity contribution in [2.75, 3.05) is 6.61 Å². The van der Waals surface area contributed by atoms with Crippen LogP contribution in [0.25, 0.3) is 0 Å². The number of hydrogen-bond acceptors (Lipinski definition) is 3. The minimum Gasteiger partial charge on any atom is -0.394 e. The largest absolute Gasteiger partial charge is 0.394 e. The molecule has 324 valence electrons. The van der Waals surface area contributed by atoms with Crippen LogP contribution in [-0.2, 0) is 4.79 Å². The van der Waals surface area contributed by atoms with Crippen LogP contribution in [0.1, 0.15) is 232 Å². The Kier molecular flexibility index (Phi) is 45.4. The predicted octanol–water partition coefficient (Wildman–Crippen LogP) is 15.5. The van der Waals surface area contributed by atoms with Gasteiger partial charge in [0.15, 0.2) is 0 Å². The Hall–Kier alpha value is -2.17. The highest BCUT2D eigenvalue weighted by Gasteiger charge is 2.17. The van der Waals surface area contributed by atoms with Gasteiger partial charge in [0.25, 0.3) is 0 Å². The van der Waals surface area contributed by atoms with Gasteiger partial charge in [-0.25, -0.2) is 0 Å². The summed E-state index contributed by atoms with van der Waals surface area (Å²) in [6, 6.07) is -0.647. The van der Waals surface area contributed by atoms with Gasteiger partial charge >= 0.3 is 0 Å². The molecular formula is C52H93NO3. The third kappa shape index (κ3) is 43.0. The second-order valence-electron chi connectivity index (χ2n) is 16.2. The molecule has 0 rings (SSSR count). The van der Waals surface area contributed by atoms with Crippen molar-refractivity contribution in [2.24, 2.45) is 0 Å². The molecule has 0 aliphatic rings. The fraction of sp³-hybridized carbons (Fsp3) is 0.750. The Morgan fingerprint density at radius 1 is 0.429 bits per heavy atom. The molecule has 2 unspecified atom stereocenters. The smallest absolute Gasteiger partial charge is 0.220 e. The minimum atomic E-state index is -0.871. The van der Waals surface area contributed by atoms with Crippen LogP contribution in [-0.4, -0.2) is 34.9 Å². The number of nitrogens with one attached hydrogen (secondary N) is 1. The van der Waals surface area contributed by atoms with Gasteiger partial charge in [0.2, 0.25) is 5.91 Å². The van der Waals surface area contributed by atoms with E-state index in [2.05, 4.69) is 79.9 Å². The van der Waals surface area contributed by atoms with Gasteiger partial charge in [-0.1, -0.05) is 215 Å². The highest BCUT2D eigenvalue weighted by atomic mass is 16.3. The lowest BCUT2D eigenvalue weighted by atomic mass is 10.0. The molecule has 0 saturated heterocycles. The maximum Gasteiger partial charge on any atom is 0.220 e.